The van der Waals surface area contributed by atoms with Crippen LogP contribution in [0.3, 0.4) is 0 Å². The zero-order valence-electron chi connectivity index (χ0n) is 7.69. The van der Waals surface area contributed by atoms with Gasteiger partial charge in [0, 0.05) is 19.1 Å². The van der Waals surface area contributed by atoms with Crippen LogP contribution in [-0.2, 0) is 11.0 Å². The van der Waals surface area contributed by atoms with Gasteiger partial charge in [-0.15, -0.1) is 0 Å². The van der Waals surface area contributed by atoms with Crippen LogP contribution in [0, 0.1) is 0 Å². The van der Waals surface area contributed by atoms with Crippen molar-refractivity contribution in [3.8, 4) is 0 Å². The van der Waals surface area contributed by atoms with E-state index in [1.54, 1.807) is 0 Å². The minimum atomic E-state index is -1.10. The largest absolute Gasteiger partial charge is 0.256 e. The summed E-state index contributed by atoms with van der Waals surface area (Å²) in [6, 6.07) is 9.65. The van der Waals surface area contributed by atoms with E-state index in [4.69, 9.17) is 0 Å². The molecule has 4 nitrogen and oxygen atoms in total. The molecule has 1 aliphatic heterocycles. The number of hydrogen-bond donors (Lipinski definition) is 3. The second-order valence-corrected chi connectivity index (χ2v) is 4.40. The first kappa shape index (κ1) is 9.79. The molecule has 2 rings (SSSR count). The molecule has 1 saturated heterocycles. The van der Waals surface area contributed by atoms with Crippen molar-refractivity contribution in [3.63, 3.8) is 0 Å². The number of nitrogens with one attached hydrogen (secondary N) is 3. The molecule has 5 heteroatoms. The minimum absolute atomic E-state index is 0.232. The Bertz CT molecular complexity index is 311. The molecule has 1 aliphatic rings. The summed E-state index contributed by atoms with van der Waals surface area (Å²) < 4.78 is 14.8. The van der Waals surface area contributed by atoms with Crippen molar-refractivity contribution < 1.29 is 4.21 Å². The van der Waals surface area contributed by atoms with E-state index in [2.05, 4.69) is 15.6 Å². The van der Waals surface area contributed by atoms with Crippen molar-refractivity contribution in [2.75, 3.05) is 13.1 Å². The Morgan fingerprint density at radius 2 is 1.86 bits per heavy atom. The highest BCUT2D eigenvalue weighted by Crippen LogP contribution is 2.03. The predicted octanol–water partition coefficient (Wildman–Crippen LogP) is -0.225. The molecule has 0 aliphatic carbocycles. The second kappa shape index (κ2) is 4.65. The molecule has 1 fully saturated rings. The van der Waals surface area contributed by atoms with Crippen LogP contribution in [0.25, 0.3) is 0 Å². The predicted molar refractivity (Wildman–Crippen MR) is 55.8 cm³/mol. The van der Waals surface area contributed by atoms with Gasteiger partial charge in [-0.05, 0) is 12.1 Å². The van der Waals surface area contributed by atoms with Crippen molar-refractivity contribution in [2.24, 2.45) is 0 Å². The zero-order chi connectivity index (χ0) is 9.80. The molecule has 14 heavy (non-hydrogen) atoms. The van der Waals surface area contributed by atoms with Gasteiger partial charge in [0.25, 0.3) is 0 Å². The molecular weight excluding hydrogens is 198 g/mol. The van der Waals surface area contributed by atoms with E-state index in [-0.39, 0.29) is 6.04 Å². The molecule has 76 valence electrons. The van der Waals surface area contributed by atoms with Crippen LogP contribution in [0.4, 0.5) is 0 Å². The highest BCUT2D eigenvalue weighted by Gasteiger charge is 2.16. The van der Waals surface area contributed by atoms with Crippen molar-refractivity contribution in [3.05, 3.63) is 30.3 Å². The Hall–Kier alpha value is -0.750. The number of rotatable bonds is 3. The first-order valence-electron chi connectivity index (χ1n) is 4.55. The second-order valence-electron chi connectivity index (χ2n) is 3.16. The van der Waals surface area contributed by atoms with Crippen molar-refractivity contribution >= 4 is 11.0 Å². The third-order valence-corrected chi connectivity index (χ3v) is 3.30. The van der Waals surface area contributed by atoms with E-state index >= 15 is 0 Å². The summed E-state index contributed by atoms with van der Waals surface area (Å²) in [6.45, 7) is 1.61. The number of hydrazine groups is 1. The average Bonchev–Trinajstić information content (AvgIpc) is 2.72. The average molecular weight is 211 g/mol. The van der Waals surface area contributed by atoms with Crippen LogP contribution in [0.2, 0.25) is 0 Å². The Kier molecular flexibility index (Phi) is 3.26. The van der Waals surface area contributed by atoms with Crippen molar-refractivity contribution in [2.45, 2.75) is 10.9 Å². The Labute approximate surface area is 85.6 Å². The molecule has 3 N–H and O–H groups in total. The molecule has 0 bridgehead atoms. The van der Waals surface area contributed by atoms with E-state index in [1.807, 2.05) is 30.3 Å². The third-order valence-electron chi connectivity index (χ3n) is 2.05. The van der Waals surface area contributed by atoms with E-state index < -0.39 is 11.0 Å². The highest BCUT2D eigenvalue weighted by molar-refractivity contribution is 7.83. The fourth-order valence-electron chi connectivity index (χ4n) is 1.31. The Balaban J connectivity index is 1.95. The van der Waals surface area contributed by atoms with Crippen molar-refractivity contribution in [1.29, 1.82) is 0 Å². The molecule has 1 aromatic rings. The summed E-state index contributed by atoms with van der Waals surface area (Å²) in [6.07, 6.45) is 0. The van der Waals surface area contributed by atoms with E-state index in [1.165, 1.54) is 0 Å². The molecule has 0 saturated carbocycles. The lowest BCUT2D eigenvalue weighted by atomic mass is 10.4. The van der Waals surface area contributed by atoms with E-state index in [9.17, 15) is 4.21 Å². The zero-order valence-corrected chi connectivity index (χ0v) is 8.51. The van der Waals surface area contributed by atoms with Gasteiger partial charge in [-0.3, -0.25) is 10.9 Å². The summed E-state index contributed by atoms with van der Waals surface area (Å²) >= 11 is 0. The summed E-state index contributed by atoms with van der Waals surface area (Å²) in [5.41, 5.74) is 5.96. The van der Waals surface area contributed by atoms with E-state index in [0.717, 1.165) is 18.0 Å². The molecule has 1 atom stereocenters. The highest BCUT2D eigenvalue weighted by atomic mass is 32.2. The topological polar surface area (TPSA) is 53.2 Å². The third kappa shape index (κ3) is 2.39. The van der Waals surface area contributed by atoms with Crippen molar-refractivity contribution in [1.82, 2.24) is 15.6 Å². The fraction of sp³-hybridized carbons (Fsp3) is 0.333. The van der Waals surface area contributed by atoms with Crippen LogP contribution in [0.15, 0.2) is 35.2 Å². The number of benzene rings is 1. The normalized spacial score (nSPS) is 19.7. The van der Waals surface area contributed by atoms with Gasteiger partial charge < -0.3 is 0 Å². The number of hydrogen-bond acceptors (Lipinski definition) is 3. The van der Waals surface area contributed by atoms with E-state index in [0.29, 0.717) is 0 Å². The maximum absolute atomic E-state index is 11.7. The lowest BCUT2D eigenvalue weighted by Gasteiger charge is -2.09. The lowest BCUT2D eigenvalue weighted by Crippen LogP contribution is -2.34. The Morgan fingerprint density at radius 3 is 2.50 bits per heavy atom. The molecule has 1 aromatic carbocycles. The van der Waals surface area contributed by atoms with Gasteiger partial charge in [0.05, 0.1) is 4.90 Å². The standard InChI is InChI=1S/C9H13N3OS/c13-14(9-4-2-1-3-5-9)12-8-6-10-11-7-8/h1-5,8,10-12H,6-7H2. The first-order chi connectivity index (χ1) is 6.86. The first-order valence-corrected chi connectivity index (χ1v) is 5.70. The molecule has 0 amide bonds. The lowest BCUT2D eigenvalue weighted by molar-refractivity contribution is 0.646. The quantitative estimate of drug-likeness (QED) is 0.647. The van der Waals surface area contributed by atoms with Crippen LogP contribution in [-0.4, -0.2) is 23.3 Å². The van der Waals surface area contributed by atoms with Gasteiger partial charge in [0.15, 0.2) is 0 Å². The van der Waals surface area contributed by atoms with Gasteiger partial charge in [-0.1, -0.05) is 18.2 Å². The summed E-state index contributed by atoms with van der Waals surface area (Å²) in [5.74, 6) is 0. The smallest absolute Gasteiger partial charge is 0.125 e. The SMILES string of the molecule is O=S(NC1CNNC1)c1ccccc1. The fourth-order valence-corrected chi connectivity index (χ4v) is 2.32. The van der Waals surface area contributed by atoms with Crippen LogP contribution < -0.4 is 15.6 Å². The van der Waals surface area contributed by atoms with Gasteiger partial charge in [0.2, 0.25) is 0 Å². The summed E-state index contributed by atoms with van der Waals surface area (Å²) in [7, 11) is -1.10. The molecule has 1 heterocycles. The minimum Gasteiger partial charge on any atom is -0.256 e. The summed E-state index contributed by atoms with van der Waals surface area (Å²) in [5, 5.41) is 0. The van der Waals surface area contributed by atoms with Crippen LogP contribution >= 0.6 is 0 Å². The van der Waals surface area contributed by atoms with Gasteiger partial charge in [-0.2, -0.15) is 0 Å². The van der Waals surface area contributed by atoms with Gasteiger partial charge in [-0.25, -0.2) is 8.93 Å². The Morgan fingerprint density at radius 1 is 1.21 bits per heavy atom. The van der Waals surface area contributed by atoms with Gasteiger partial charge >= 0.3 is 0 Å². The van der Waals surface area contributed by atoms with Crippen LogP contribution in [0.5, 0.6) is 0 Å². The molecule has 1 unspecified atom stereocenters. The monoisotopic (exact) mass is 211 g/mol. The molecule has 0 aromatic heterocycles. The maximum Gasteiger partial charge on any atom is 0.125 e. The molecule has 0 radical (unpaired) electrons. The maximum atomic E-state index is 11.7. The van der Waals surface area contributed by atoms with Gasteiger partial charge in [0.1, 0.15) is 11.0 Å². The summed E-state index contributed by atoms with van der Waals surface area (Å²) in [4.78, 5) is 0.819. The molecular formula is C9H13N3OS. The van der Waals surface area contributed by atoms with Crippen LogP contribution in [0.1, 0.15) is 0 Å². The molecule has 0 spiro atoms.